The Morgan fingerprint density at radius 2 is 1.92 bits per heavy atom. The van der Waals surface area contributed by atoms with Gasteiger partial charge in [0.05, 0.1) is 7.11 Å². The number of nitrogens with one attached hydrogen (secondary N) is 2. The summed E-state index contributed by atoms with van der Waals surface area (Å²) < 4.78 is 5.16. The second kappa shape index (κ2) is 8.36. The van der Waals surface area contributed by atoms with Crippen LogP contribution in [0.15, 0.2) is 66.9 Å². The zero-order valence-electron chi connectivity index (χ0n) is 14.2. The van der Waals surface area contributed by atoms with Crippen LogP contribution < -0.4 is 15.4 Å². The molecular formula is C20H18ClN3O2. The van der Waals surface area contributed by atoms with E-state index in [4.69, 9.17) is 16.3 Å². The number of amides is 1. The van der Waals surface area contributed by atoms with Gasteiger partial charge in [-0.05, 0) is 42.0 Å². The summed E-state index contributed by atoms with van der Waals surface area (Å²) in [5.74, 6) is 1.09. The topological polar surface area (TPSA) is 63.2 Å². The van der Waals surface area contributed by atoms with E-state index in [1.807, 2.05) is 36.4 Å². The summed E-state index contributed by atoms with van der Waals surface area (Å²) in [6.07, 6.45) is 1.60. The number of methoxy groups -OCH3 is 1. The van der Waals surface area contributed by atoms with Crippen molar-refractivity contribution >= 4 is 29.0 Å². The van der Waals surface area contributed by atoms with E-state index in [0.29, 0.717) is 34.4 Å². The summed E-state index contributed by atoms with van der Waals surface area (Å²) in [6.45, 7) is 0.588. The maximum absolute atomic E-state index is 12.5. The average Bonchev–Trinajstić information content (AvgIpc) is 2.68. The molecule has 0 saturated carbocycles. The zero-order chi connectivity index (χ0) is 18.4. The van der Waals surface area contributed by atoms with Crippen LogP contribution in [-0.2, 0) is 6.54 Å². The fraction of sp³-hybridized carbons (Fsp3) is 0.100. The van der Waals surface area contributed by atoms with Crippen LogP contribution in [0.3, 0.4) is 0 Å². The number of carbonyl (C=O) groups is 1. The molecular weight excluding hydrogens is 350 g/mol. The Labute approximate surface area is 157 Å². The minimum Gasteiger partial charge on any atom is -0.497 e. The molecule has 1 amide bonds. The van der Waals surface area contributed by atoms with E-state index in [1.54, 1.807) is 37.6 Å². The number of hydrogen-bond acceptors (Lipinski definition) is 4. The van der Waals surface area contributed by atoms with E-state index in [9.17, 15) is 4.79 Å². The predicted octanol–water partition coefficient (Wildman–Crippen LogP) is 4.61. The Hall–Kier alpha value is -3.05. The second-order valence-electron chi connectivity index (χ2n) is 5.60. The SMILES string of the molecule is COc1cccc(NC(=O)c2ccnc(NCc3ccc(Cl)cc3)c2)c1. The van der Waals surface area contributed by atoms with Crippen molar-refractivity contribution in [2.45, 2.75) is 6.54 Å². The highest BCUT2D eigenvalue weighted by molar-refractivity contribution is 6.30. The number of aromatic nitrogens is 1. The lowest BCUT2D eigenvalue weighted by Crippen LogP contribution is -2.12. The smallest absolute Gasteiger partial charge is 0.255 e. The van der Waals surface area contributed by atoms with Crippen LogP contribution in [0, 0.1) is 0 Å². The number of ether oxygens (including phenoxy) is 1. The standard InChI is InChI=1S/C20H18ClN3O2/c1-26-18-4-2-3-17(12-18)24-20(25)15-9-10-22-19(11-15)23-13-14-5-7-16(21)8-6-14/h2-12H,13H2,1H3,(H,22,23)(H,24,25). The van der Waals surface area contributed by atoms with Gasteiger partial charge in [-0.2, -0.15) is 0 Å². The van der Waals surface area contributed by atoms with Crippen molar-refractivity contribution in [3.05, 3.63) is 83.0 Å². The normalized spacial score (nSPS) is 10.2. The third kappa shape index (κ3) is 4.74. The van der Waals surface area contributed by atoms with Crippen molar-refractivity contribution in [1.29, 1.82) is 0 Å². The van der Waals surface area contributed by atoms with Crippen LogP contribution in [0.2, 0.25) is 5.02 Å². The maximum Gasteiger partial charge on any atom is 0.255 e. The summed E-state index contributed by atoms with van der Waals surface area (Å²) in [5, 5.41) is 6.75. The summed E-state index contributed by atoms with van der Waals surface area (Å²) in [5.41, 5.74) is 2.26. The number of benzene rings is 2. The van der Waals surface area contributed by atoms with Crippen molar-refractivity contribution < 1.29 is 9.53 Å². The van der Waals surface area contributed by atoms with Gasteiger partial charge >= 0.3 is 0 Å². The number of halogens is 1. The first-order valence-electron chi connectivity index (χ1n) is 8.04. The number of rotatable bonds is 6. The van der Waals surface area contributed by atoms with Gasteiger partial charge in [0.2, 0.25) is 0 Å². The van der Waals surface area contributed by atoms with E-state index in [1.165, 1.54) is 0 Å². The van der Waals surface area contributed by atoms with Crippen molar-refractivity contribution in [3.8, 4) is 5.75 Å². The first-order valence-corrected chi connectivity index (χ1v) is 8.41. The molecule has 5 nitrogen and oxygen atoms in total. The Morgan fingerprint density at radius 3 is 2.69 bits per heavy atom. The fourth-order valence-electron chi connectivity index (χ4n) is 2.37. The maximum atomic E-state index is 12.5. The molecule has 26 heavy (non-hydrogen) atoms. The molecule has 0 unspecified atom stereocenters. The Bertz CT molecular complexity index is 898. The van der Waals surface area contributed by atoms with Gasteiger partial charge in [-0.25, -0.2) is 4.98 Å². The molecule has 0 aliphatic rings. The summed E-state index contributed by atoms with van der Waals surface area (Å²) in [6, 6.07) is 18.1. The molecule has 1 aromatic heterocycles. The Kier molecular flexibility index (Phi) is 5.71. The number of carbonyl (C=O) groups excluding carboxylic acids is 1. The van der Waals surface area contributed by atoms with E-state index in [-0.39, 0.29) is 5.91 Å². The number of anilines is 2. The van der Waals surface area contributed by atoms with Gasteiger partial charge in [0.25, 0.3) is 5.91 Å². The molecule has 2 aromatic carbocycles. The van der Waals surface area contributed by atoms with Crippen molar-refractivity contribution in [2.75, 3.05) is 17.7 Å². The lowest BCUT2D eigenvalue weighted by atomic mass is 10.2. The first-order chi connectivity index (χ1) is 12.6. The first kappa shape index (κ1) is 17.8. The van der Waals surface area contributed by atoms with Gasteiger partial charge in [0, 0.05) is 35.1 Å². The van der Waals surface area contributed by atoms with E-state index < -0.39 is 0 Å². The molecule has 0 atom stereocenters. The monoisotopic (exact) mass is 367 g/mol. The molecule has 0 spiro atoms. The zero-order valence-corrected chi connectivity index (χ0v) is 15.0. The lowest BCUT2D eigenvalue weighted by molar-refractivity contribution is 0.102. The number of pyridine rings is 1. The van der Waals surface area contributed by atoms with Gasteiger partial charge in [-0.1, -0.05) is 29.8 Å². The molecule has 3 aromatic rings. The van der Waals surface area contributed by atoms with Crippen molar-refractivity contribution in [3.63, 3.8) is 0 Å². The lowest BCUT2D eigenvalue weighted by Gasteiger charge is -2.09. The highest BCUT2D eigenvalue weighted by Gasteiger charge is 2.08. The average molecular weight is 368 g/mol. The van der Waals surface area contributed by atoms with Crippen molar-refractivity contribution in [2.24, 2.45) is 0 Å². The van der Waals surface area contributed by atoms with Gasteiger partial charge in [-0.15, -0.1) is 0 Å². The van der Waals surface area contributed by atoms with Crippen LogP contribution in [0.1, 0.15) is 15.9 Å². The highest BCUT2D eigenvalue weighted by Crippen LogP contribution is 2.18. The molecule has 0 aliphatic carbocycles. The third-order valence-electron chi connectivity index (χ3n) is 3.74. The van der Waals surface area contributed by atoms with E-state index in [0.717, 1.165) is 5.56 Å². The molecule has 1 heterocycles. The minimum atomic E-state index is -0.213. The molecule has 3 rings (SSSR count). The summed E-state index contributed by atoms with van der Waals surface area (Å²) in [4.78, 5) is 16.7. The fourth-order valence-corrected chi connectivity index (χ4v) is 2.49. The largest absolute Gasteiger partial charge is 0.497 e. The van der Waals surface area contributed by atoms with Crippen LogP contribution >= 0.6 is 11.6 Å². The summed E-state index contributed by atoms with van der Waals surface area (Å²) >= 11 is 5.88. The third-order valence-corrected chi connectivity index (χ3v) is 3.99. The Morgan fingerprint density at radius 1 is 1.12 bits per heavy atom. The van der Waals surface area contributed by atoms with Gasteiger partial charge < -0.3 is 15.4 Å². The number of nitrogens with zero attached hydrogens (tertiary/aromatic N) is 1. The quantitative estimate of drug-likeness (QED) is 0.668. The summed E-state index contributed by atoms with van der Waals surface area (Å²) in [7, 11) is 1.59. The van der Waals surface area contributed by atoms with Gasteiger partial charge in [0.1, 0.15) is 11.6 Å². The van der Waals surface area contributed by atoms with E-state index >= 15 is 0 Å². The second-order valence-corrected chi connectivity index (χ2v) is 6.03. The highest BCUT2D eigenvalue weighted by atomic mass is 35.5. The van der Waals surface area contributed by atoms with Crippen LogP contribution in [-0.4, -0.2) is 18.0 Å². The molecule has 0 aliphatic heterocycles. The molecule has 0 radical (unpaired) electrons. The van der Waals surface area contributed by atoms with Crippen LogP contribution in [0.5, 0.6) is 5.75 Å². The van der Waals surface area contributed by atoms with Crippen molar-refractivity contribution in [1.82, 2.24) is 4.98 Å². The molecule has 0 saturated heterocycles. The molecule has 6 heteroatoms. The van der Waals surface area contributed by atoms with Gasteiger partial charge in [0.15, 0.2) is 0 Å². The van der Waals surface area contributed by atoms with E-state index in [2.05, 4.69) is 15.6 Å². The molecule has 2 N–H and O–H groups in total. The van der Waals surface area contributed by atoms with Crippen LogP contribution in [0.4, 0.5) is 11.5 Å². The Balaban J connectivity index is 1.65. The molecule has 0 bridgehead atoms. The molecule has 0 fully saturated rings. The predicted molar refractivity (Wildman–Crippen MR) is 104 cm³/mol. The van der Waals surface area contributed by atoms with Crippen LogP contribution in [0.25, 0.3) is 0 Å². The number of hydrogen-bond donors (Lipinski definition) is 2. The minimum absolute atomic E-state index is 0.213. The van der Waals surface area contributed by atoms with Gasteiger partial charge in [-0.3, -0.25) is 4.79 Å². The molecule has 132 valence electrons.